The van der Waals surface area contributed by atoms with Gasteiger partial charge in [0.15, 0.2) is 5.16 Å². The van der Waals surface area contributed by atoms with Crippen LogP contribution < -0.4 is 10.6 Å². The SMILES string of the molecule is CCCSc1ncc(Br)c(C(=O)N[C@H](Cc2ccccc2)C(=O)Nc2ccc(F)cc2)n1. The van der Waals surface area contributed by atoms with Crippen molar-refractivity contribution < 1.29 is 14.0 Å². The number of benzene rings is 2. The van der Waals surface area contributed by atoms with Crippen molar-refractivity contribution in [1.29, 1.82) is 0 Å². The molecule has 0 fully saturated rings. The summed E-state index contributed by atoms with van der Waals surface area (Å²) < 4.78 is 13.6. The number of carbonyl (C=O) groups excluding carboxylic acids is 2. The molecule has 6 nitrogen and oxygen atoms in total. The van der Waals surface area contributed by atoms with E-state index in [0.717, 1.165) is 17.7 Å². The molecule has 3 aromatic rings. The number of carbonyl (C=O) groups is 2. The fraction of sp³-hybridized carbons (Fsp3) is 0.217. The second-order valence-electron chi connectivity index (χ2n) is 6.91. The Balaban J connectivity index is 1.80. The zero-order valence-corrected chi connectivity index (χ0v) is 19.7. The third kappa shape index (κ3) is 6.86. The second-order valence-corrected chi connectivity index (χ2v) is 8.83. The van der Waals surface area contributed by atoms with Gasteiger partial charge >= 0.3 is 0 Å². The molecule has 0 bridgehead atoms. The van der Waals surface area contributed by atoms with Crippen LogP contribution in [0.3, 0.4) is 0 Å². The third-order valence-electron chi connectivity index (χ3n) is 4.39. The van der Waals surface area contributed by atoms with Crippen LogP contribution in [0.25, 0.3) is 0 Å². The predicted molar refractivity (Wildman–Crippen MR) is 127 cm³/mol. The first kappa shape index (κ1) is 23.9. The lowest BCUT2D eigenvalue weighted by molar-refractivity contribution is -0.118. The van der Waals surface area contributed by atoms with Crippen LogP contribution in [0.15, 0.2) is 70.4 Å². The molecule has 1 atom stereocenters. The summed E-state index contributed by atoms with van der Waals surface area (Å²) in [6, 6.07) is 13.9. The highest BCUT2D eigenvalue weighted by Crippen LogP contribution is 2.20. The lowest BCUT2D eigenvalue weighted by atomic mass is 10.0. The summed E-state index contributed by atoms with van der Waals surface area (Å²) in [6.45, 7) is 2.05. The van der Waals surface area contributed by atoms with E-state index in [1.807, 2.05) is 37.3 Å². The van der Waals surface area contributed by atoms with E-state index in [9.17, 15) is 14.0 Å². The summed E-state index contributed by atoms with van der Waals surface area (Å²) in [7, 11) is 0. The van der Waals surface area contributed by atoms with Crippen LogP contribution in [0.5, 0.6) is 0 Å². The lowest BCUT2D eigenvalue weighted by Gasteiger charge is -2.19. The van der Waals surface area contributed by atoms with E-state index >= 15 is 0 Å². The Labute approximate surface area is 198 Å². The van der Waals surface area contributed by atoms with Gasteiger partial charge in [-0.05, 0) is 52.2 Å². The van der Waals surface area contributed by atoms with Crippen molar-refractivity contribution in [2.75, 3.05) is 11.1 Å². The average molecular weight is 517 g/mol. The molecule has 0 aliphatic heterocycles. The van der Waals surface area contributed by atoms with Gasteiger partial charge in [0.05, 0.1) is 4.47 Å². The minimum absolute atomic E-state index is 0.159. The Morgan fingerprint density at radius 1 is 1.12 bits per heavy atom. The first-order chi connectivity index (χ1) is 15.5. The van der Waals surface area contributed by atoms with Gasteiger partial charge < -0.3 is 10.6 Å². The van der Waals surface area contributed by atoms with Gasteiger partial charge in [-0.1, -0.05) is 49.0 Å². The summed E-state index contributed by atoms with van der Waals surface area (Å²) in [5, 5.41) is 6.01. The quantitative estimate of drug-likeness (QED) is 0.313. The van der Waals surface area contributed by atoms with Gasteiger partial charge in [0, 0.05) is 24.1 Å². The largest absolute Gasteiger partial charge is 0.339 e. The smallest absolute Gasteiger partial charge is 0.271 e. The van der Waals surface area contributed by atoms with Gasteiger partial charge in [-0.15, -0.1) is 0 Å². The minimum Gasteiger partial charge on any atom is -0.339 e. The van der Waals surface area contributed by atoms with E-state index in [0.29, 0.717) is 15.3 Å². The van der Waals surface area contributed by atoms with E-state index in [-0.39, 0.29) is 12.1 Å². The van der Waals surface area contributed by atoms with Crippen LogP contribution in [0.1, 0.15) is 29.4 Å². The molecule has 0 unspecified atom stereocenters. The molecule has 1 heterocycles. The molecule has 0 saturated carbocycles. The molecule has 0 aliphatic carbocycles. The summed E-state index contributed by atoms with van der Waals surface area (Å²) in [4.78, 5) is 34.6. The second kappa shape index (κ2) is 11.7. The fourth-order valence-corrected chi connectivity index (χ4v) is 3.86. The van der Waals surface area contributed by atoms with Crippen molar-refractivity contribution in [3.8, 4) is 0 Å². The number of hydrogen-bond donors (Lipinski definition) is 2. The number of rotatable bonds is 9. The molecule has 3 rings (SSSR count). The highest BCUT2D eigenvalue weighted by molar-refractivity contribution is 9.10. The topological polar surface area (TPSA) is 84.0 Å². The molecule has 0 saturated heterocycles. The van der Waals surface area contributed by atoms with Gasteiger partial charge in [0.1, 0.15) is 17.6 Å². The number of nitrogens with one attached hydrogen (secondary N) is 2. The Bertz CT molecular complexity index is 1070. The number of amides is 2. The Morgan fingerprint density at radius 2 is 1.84 bits per heavy atom. The number of thioether (sulfide) groups is 1. The summed E-state index contributed by atoms with van der Waals surface area (Å²) in [5.74, 6) is -0.478. The molecule has 0 aliphatic rings. The van der Waals surface area contributed by atoms with E-state index in [4.69, 9.17) is 0 Å². The Hall–Kier alpha value is -2.78. The molecule has 0 spiro atoms. The van der Waals surface area contributed by atoms with Crippen LogP contribution in [0.4, 0.5) is 10.1 Å². The van der Waals surface area contributed by atoms with Gasteiger partial charge in [0.25, 0.3) is 5.91 Å². The maximum Gasteiger partial charge on any atom is 0.271 e. The molecular formula is C23H22BrFN4O2S. The molecule has 2 aromatic carbocycles. The number of aromatic nitrogens is 2. The van der Waals surface area contributed by atoms with E-state index in [1.165, 1.54) is 42.2 Å². The molecule has 2 amide bonds. The van der Waals surface area contributed by atoms with Crippen molar-refractivity contribution in [2.24, 2.45) is 0 Å². The molecule has 166 valence electrons. The summed E-state index contributed by atoms with van der Waals surface area (Å²) in [5.41, 5.74) is 1.48. The summed E-state index contributed by atoms with van der Waals surface area (Å²) in [6.07, 6.45) is 2.76. The van der Waals surface area contributed by atoms with Crippen LogP contribution in [-0.2, 0) is 11.2 Å². The van der Waals surface area contributed by atoms with Crippen molar-refractivity contribution in [3.63, 3.8) is 0 Å². The number of halogens is 2. The van der Waals surface area contributed by atoms with Crippen LogP contribution >= 0.6 is 27.7 Å². The van der Waals surface area contributed by atoms with Gasteiger partial charge in [0.2, 0.25) is 5.91 Å². The maximum absolute atomic E-state index is 13.2. The maximum atomic E-state index is 13.2. The van der Waals surface area contributed by atoms with Crippen molar-refractivity contribution >= 4 is 45.2 Å². The normalized spacial score (nSPS) is 11.6. The van der Waals surface area contributed by atoms with Crippen LogP contribution in [0, 0.1) is 5.82 Å². The monoisotopic (exact) mass is 516 g/mol. The van der Waals surface area contributed by atoms with Crippen molar-refractivity contribution in [3.05, 3.63) is 82.3 Å². The molecule has 2 N–H and O–H groups in total. The van der Waals surface area contributed by atoms with Gasteiger partial charge in [-0.3, -0.25) is 9.59 Å². The fourth-order valence-electron chi connectivity index (χ4n) is 2.82. The standard InChI is InChI=1S/C23H22BrFN4O2S/c1-2-12-32-23-26-14-18(24)20(29-23)22(31)28-19(13-15-6-4-3-5-7-15)21(30)27-17-10-8-16(25)9-11-17/h3-11,14,19H,2,12-13H2,1H3,(H,27,30)(H,28,31)/t19-/m1/s1. The first-order valence-electron chi connectivity index (χ1n) is 10.0. The minimum atomic E-state index is -0.872. The lowest BCUT2D eigenvalue weighted by Crippen LogP contribution is -2.45. The molecule has 32 heavy (non-hydrogen) atoms. The molecule has 0 radical (unpaired) electrons. The molecule has 1 aromatic heterocycles. The molecule has 9 heteroatoms. The number of hydrogen-bond acceptors (Lipinski definition) is 5. The van der Waals surface area contributed by atoms with E-state index in [1.54, 1.807) is 0 Å². The highest BCUT2D eigenvalue weighted by atomic mass is 79.9. The van der Waals surface area contributed by atoms with Crippen LogP contribution in [0.2, 0.25) is 0 Å². The van der Waals surface area contributed by atoms with Crippen LogP contribution in [-0.4, -0.2) is 33.6 Å². The zero-order valence-electron chi connectivity index (χ0n) is 17.3. The van der Waals surface area contributed by atoms with Crippen molar-refractivity contribution in [1.82, 2.24) is 15.3 Å². The Kier molecular flexibility index (Phi) is 8.75. The van der Waals surface area contributed by atoms with Gasteiger partial charge in [-0.2, -0.15) is 0 Å². The Morgan fingerprint density at radius 3 is 2.53 bits per heavy atom. The van der Waals surface area contributed by atoms with Crippen molar-refractivity contribution in [2.45, 2.75) is 31.0 Å². The summed E-state index contributed by atoms with van der Waals surface area (Å²) >= 11 is 4.78. The zero-order chi connectivity index (χ0) is 22.9. The van der Waals surface area contributed by atoms with E-state index in [2.05, 4.69) is 36.5 Å². The first-order valence-corrected chi connectivity index (χ1v) is 11.8. The average Bonchev–Trinajstić information content (AvgIpc) is 2.80. The highest BCUT2D eigenvalue weighted by Gasteiger charge is 2.24. The third-order valence-corrected chi connectivity index (χ3v) is 6.04. The van der Waals surface area contributed by atoms with Gasteiger partial charge in [-0.25, -0.2) is 14.4 Å². The molecular weight excluding hydrogens is 495 g/mol. The van der Waals surface area contributed by atoms with E-state index < -0.39 is 23.7 Å². The number of anilines is 1. The predicted octanol–water partition coefficient (Wildman–Crippen LogP) is 4.86. The number of nitrogens with zero attached hydrogens (tertiary/aromatic N) is 2.